The highest BCUT2D eigenvalue weighted by Crippen LogP contribution is 2.32. The Balaban J connectivity index is 1.72. The van der Waals surface area contributed by atoms with E-state index in [4.69, 9.17) is 0 Å². The molecular formula is C20H23N3O2. The summed E-state index contributed by atoms with van der Waals surface area (Å²) < 4.78 is 0. The van der Waals surface area contributed by atoms with Gasteiger partial charge in [-0.3, -0.25) is 9.59 Å². The van der Waals surface area contributed by atoms with E-state index in [9.17, 15) is 9.59 Å². The summed E-state index contributed by atoms with van der Waals surface area (Å²) in [6, 6.07) is 15.0. The lowest BCUT2D eigenvalue weighted by molar-refractivity contribution is -0.119. The highest BCUT2D eigenvalue weighted by molar-refractivity contribution is 6.01. The zero-order valence-corrected chi connectivity index (χ0v) is 14.7. The fourth-order valence-electron chi connectivity index (χ4n) is 3.28. The van der Waals surface area contributed by atoms with Gasteiger partial charge in [0, 0.05) is 30.0 Å². The van der Waals surface area contributed by atoms with Gasteiger partial charge in [-0.25, -0.2) is 0 Å². The highest BCUT2D eigenvalue weighted by Gasteiger charge is 2.32. The van der Waals surface area contributed by atoms with Crippen molar-refractivity contribution in [2.45, 2.75) is 32.4 Å². The number of benzene rings is 2. The van der Waals surface area contributed by atoms with Crippen LogP contribution in [0.3, 0.4) is 0 Å². The molecular weight excluding hydrogens is 314 g/mol. The van der Waals surface area contributed by atoms with E-state index in [1.54, 1.807) is 19.2 Å². The van der Waals surface area contributed by atoms with Gasteiger partial charge in [-0.1, -0.05) is 18.2 Å². The SMILES string of the molecule is CNC(=O)c1ccc(N[C@@H](C)C(=O)N2c3ccccc3C[C@@H]2C)cc1. The van der Waals surface area contributed by atoms with Crippen LogP contribution in [0.1, 0.15) is 29.8 Å². The molecule has 0 bridgehead atoms. The number of hydrogen-bond donors (Lipinski definition) is 2. The quantitative estimate of drug-likeness (QED) is 0.902. The Morgan fingerprint density at radius 1 is 1.12 bits per heavy atom. The molecule has 130 valence electrons. The Morgan fingerprint density at radius 2 is 1.80 bits per heavy atom. The minimum Gasteiger partial charge on any atom is -0.374 e. The Kier molecular flexibility index (Phi) is 4.74. The topological polar surface area (TPSA) is 61.4 Å². The van der Waals surface area contributed by atoms with Gasteiger partial charge in [0.15, 0.2) is 0 Å². The lowest BCUT2D eigenvalue weighted by Crippen LogP contribution is -2.44. The van der Waals surface area contributed by atoms with Crippen molar-refractivity contribution in [3.63, 3.8) is 0 Å². The molecule has 1 heterocycles. The molecule has 0 unspecified atom stereocenters. The van der Waals surface area contributed by atoms with Gasteiger partial charge in [-0.2, -0.15) is 0 Å². The third kappa shape index (κ3) is 3.36. The molecule has 0 saturated heterocycles. The molecule has 1 aliphatic rings. The summed E-state index contributed by atoms with van der Waals surface area (Å²) in [6.45, 7) is 3.94. The summed E-state index contributed by atoms with van der Waals surface area (Å²) in [5.74, 6) is -0.0778. The van der Waals surface area contributed by atoms with Gasteiger partial charge in [0.25, 0.3) is 5.91 Å². The first-order valence-electron chi connectivity index (χ1n) is 8.51. The van der Waals surface area contributed by atoms with E-state index in [-0.39, 0.29) is 23.9 Å². The number of nitrogens with zero attached hydrogens (tertiary/aromatic N) is 1. The van der Waals surface area contributed by atoms with Crippen LogP contribution in [0, 0.1) is 0 Å². The van der Waals surface area contributed by atoms with Gasteiger partial charge in [-0.15, -0.1) is 0 Å². The predicted molar refractivity (Wildman–Crippen MR) is 100 cm³/mol. The minimum absolute atomic E-state index is 0.0489. The van der Waals surface area contributed by atoms with Crippen LogP contribution >= 0.6 is 0 Å². The molecule has 2 N–H and O–H groups in total. The Morgan fingerprint density at radius 3 is 2.48 bits per heavy atom. The molecule has 2 atom stereocenters. The number of anilines is 2. The summed E-state index contributed by atoms with van der Waals surface area (Å²) in [5, 5.41) is 5.82. The fourth-order valence-corrected chi connectivity index (χ4v) is 3.28. The molecule has 1 aliphatic heterocycles. The molecule has 25 heavy (non-hydrogen) atoms. The summed E-state index contributed by atoms with van der Waals surface area (Å²) in [6.07, 6.45) is 0.884. The maximum atomic E-state index is 12.9. The van der Waals surface area contributed by atoms with Crippen LogP contribution in [-0.2, 0) is 11.2 Å². The number of rotatable bonds is 4. The standard InChI is InChI=1S/C20H23N3O2/c1-13-12-16-6-4-5-7-18(16)23(13)20(25)14(2)22-17-10-8-15(9-11-17)19(24)21-3/h4-11,13-14,22H,12H2,1-3H3,(H,21,24)/t13-,14-/m0/s1. The van der Waals surface area contributed by atoms with Gasteiger partial charge in [-0.05, 0) is 56.2 Å². The van der Waals surface area contributed by atoms with Crippen LogP contribution in [0.2, 0.25) is 0 Å². The number of amides is 2. The second-order valence-corrected chi connectivity index (χ2v) is 6.41. The van der Waals surface area contributed by atoms with Crippen molar-refractivity contribution >= 4 is 23.2 Å². The highest BCUT2D eigenvalue weighted by atomic mass is 16.2. The third-order valence-electron chi connectivity index (χ3n) is 4.57. The Labute approximate surface area is 148 Å². The smallest absolute Gasteiger partial charge is 0.251 e. The van der Waals surface area contributed by atoms with Crippen molar-refractivity contribution in [2.75, 3.05) is 17.3 Å². The molecule has 0 aromatic heterocycles. The molecule has 0 radical (unpaired) electrons. The number of carbonyl (C=O) groups is 2. The van der Waals surface area contributed by atoms with Crippen molar-refractivity contribution in [1.29, 1.82) is 0 Å². The van der Waals surface area contributed by atoms with E-state index in [0.717, 1.165) is 17.8 Å². The van der Waals surface area contributed by atoms with Gasteiger partial charge >= 0.3 is 0 Å². The number of carbonyl (C=O) groups excluding carboxylic acids is 2. The van der Waals surface area contributed by atoms with Crippen molar-refractivity contribution in [3.05, 3.63) is 59.7 Å². The van der Waals surface area contributed by atoms with Crippen molar-refractivity contribution in [3.8, 4) is 0 Å². The van der Waals surface area contributed by atoms with E-state index < -0.39 is 0 Å². The van der Waals surface area contributed by atoms with Crippen LogP contribution < -0.4 is 15.5 Å². The van der Waals surface area contributed by atoms with Gasteiger partial charge in [0.1, 0.15) is 6.04 Å². The predicted octanol–water partition coefficient (Wildman–Crippen LogP) is 2.82. The zero-order chi connectivity index (χ0) is 18.0. The minimum atomic E-state index is -0.362. The van der Waals surface area contributed by atoms with Gasteiger partial charge in [0.2, 0.25) is 5.91 Å². The van der Waals surface area contributed by atoms with Crippen LogP contribution in [0.5, 0.6) is 0 Å². The summed E-state index contributed by atoms with van der Waals surface area (Å²) in [5.41, 5.74) is 3.62. The second-order valence-electron chi connectivity index (χ2n) is 6.41. The average molecular weight is 337 g/mol. The Bertz CT molecular complexity index is 786. The fraction of sp³-hybridized carbons (Fsp3) is 0.300. The molecule has 5 nitrogen and oxygen atoms in total. The Hall–Kier alpha value is -2.82. The summed E-state index contributed by atoms with van der Waals surface area (Å²) >= 11 is 0. The van der Waals surface area contributed by atoms with E-state index in [2.05, 4.69) is 23.6 Å². The summed E-state index contributed by atoms with van der Waals surface area (Å²) in [4.78, 5) is 26.4. The zero-order valence-electron chi connectivity index (χ0n) is 14.7. The number of hydrogen-bond acceptors (Lipinski definition) is 3. The summed E-state index contributed by atoms with van der Waals surface area (Å²) in [7, 11) is 1.60. The molecule has 0 saturated carbocycles. The third-order valence-corrected chi connectivity index (χ3v) is 4.57. The molecule has 2 amide bonds. The van der Waals surface area contributed by atoms with Gasteiger partial charge in [0.05, 0.1) is 0 Å². The lowest BCUT2D eigenvalue weighted by Gasteiger charge is -2.27. The molecule has 0 spiro atoms. The maximum Gasteiger partial charge on any atom is 0.251 e. The number of para-hydroxylation sites is 1. The van der Waals surface area contributed by atoms with Crippen molar-refractivity contribution in [1.82, 2.24) is 5.32 Å². The average Bonchev–Trinajstić information content (AvgIpc) is 2.96. The van der Waals surface area contributed by atoms with Crippen LogP contribution in [-0.4, -0.2) is 30.9 Å². The first-order valence-corrected chi connectivity index (χ1v) is 8.51. The van der Waals surface area contributed by atoms with E-state index in [0.29, 0.717) is 5.56 Å². The molecule has 3 rings (SSSR count). The van der Waals surface area contributed by atoms with E-state index in [1.165, 1.54) is 5.56 Å². The maximum absolute atomic E-state index is 12.9. The monoisotopic (exact) mass is 337 g/mol. The van der Waals surface area contributed by atoms with Crippen LogP contribution in [0.4, 0.5) is 11.4 Å². The molecule has 0 fully saturated rings. The van der Waals surface area contributed by atoms with Crippen LogP contribution in [0.25, 0.3) is 0 Å². The van der Waals surface area contributed by atoms with E-state index in [1.807, 2.05) is 42.2 Å². The van der Waals surface area contributed by atoms with Crippen molar-refractivity contribution < 1.29 is 9.59 Å². The number of fused-ring (bicyclic) bond motifs is 1. The molecule has 0 aliphatic carbocycles. The second kappa shape index (κ2) is 6.97. The largest absolute Gasteiger partial charge is 0.374 e. The molecule has 2 aromatic rings. The van der Waals surface area contributed by atoms with E-state index >= 15 is 0 Å². The first-order chi connectivity index (χ1) is 12.0. The normalized spacial score (nSPS) is 16.9. The lowest BCUT2D eigenvalue weighted by atomic mass is 10.1. The molecule has 2 aromatic carbocycles. The molecule has 5 heteroatoms. The number of nitrogens with one attached hydrogen (secondary N) is 2. The first kappa shape index (κ1) is 17.0. The van der Waals surface area contributed by atoms with Gasteiger partial charge < -0.3 is 15.5 Å². The van der Waals surface area contributed by atoms with Crippen LogP contribution in [0.15, 0.2) is 48.5 Å². The van der Waals surface area contributed by atoms with Crippen molar-refractivity contribution in [2.24, 2.45) is 0 Å².